The molecule has 3 aromatic rings. The summed E-state index contributed by atoms with van der Waals surface area (Å²) in [6.45, 7) is 4.13. The first-order chi connectivity index (χ1) is 9.47. The predicted molar refractivity (Wildman–Crippen MR) is 80.4 cm³/mol. The van der Waals surface area contributed by atoms with Gasteiger partial charge in [0.25, 0.3) is 0 Å². The zero-order chi connectivity index (χ0) is 14.4. The number of fused-ring (bicyclic) bond motifs is 3. The Balaban J connectivity index is 0.00000121. The molecule has 0 amide bonds. The Morgan fingerprint density at radius 3 is 2.71 bits per heavy atom. The Kier molecular flexibility index (Phi) is 4.42. The molecule has 0 spiro atoms. The fourth-order valence-corrected chi connectivity index (χ4v) is 2.65. The number of pyridine rings is 2. The number of hydrogen-bond donors (Lipinski definition) is 1. The number of nitrogens with zero attached hydrogens (tertiary/aromatic N) is 3. The topological polar surface area (TPSA) is 67.5 Å². The Bertz CT molecular complexity index is 851. The van der Waals surface area contributed by atoms with Gasteiger partial charge in [-0.1, -0.05) is 13.8 Å². The van der Waals surface area contributed by atoms with E-state index in [-0.39, 0.29) is 31.9 Å². The molecule has 0 aliphatic heterocycles. The normalized spacial score (nSPS) is 11.0. The quantitative estimate of drug-likeness (QED) is 0.692. The van der Waals surface area contributed by atoms with Crippen molar-refractivity contribution in [2.45, 2.75) is 19.8 Å². The van der Waals surface area contributed by atoms with Crippen LogP contribution in [0, 0.1) is 0 Å². The second-order valence-corrected chi connectivity index (χ2v) is 5.77. The maximum atomic E-state index is 11.0. The number of carboxylic acids is 1. The van der Waals surface area contributed by atoms with E-state index in [4.69, 9.17) is 5.11 Å². The molecular weight excluding hydrogens is 329 g/mol. The Morgan fingerprint density at radius 2 is 2.10 bits per heavy atom. The van der Waals surface area contributed by atoms with Crippen LogP contribution in [0.2, 0.25) is 0 Å². The van der Waals surface area contributed by atoms with Gasteiger partial charge in [-0.2, -0.15) is 0 Å². The van der Waals surface area contributed by atoms with Crippen LogP contribution in [-0.2, 0) is 0 Å². The third kappa shape index (κ3) is 2.71. The molecular formula is C14H13BrLiN3O2. The Hall–Kier alpha value is -1.35. The zero-order valence-electron chi connectivity index (χ0n) is 13.0. The average molecular weight is 342 g/mol. The van der Waals surface area contributed by atoms with Crippen molar-refractivity contribution in [3.63, 3.8) is 0 Å². The van der Waals surface area contributed by atoms with Gasteiger partial charge in [0.05, 0.1) is 0 Å². The number of carbonyl (C=O) groups is 1. The first kappa shape index (κ1) is 16.0. The van der Waals surface area contributed by atoms with Crippen molar-refractivity contribution in [1.29, 1.82) is 0 Å². The minimum absolute atomic E-state index is 0. The first-order valence-corrected chi connectivity index (χ1v) is 6.98. The molecule has 5 nitrogen and oxygen atoms in total. The number of halogens is 1. The van der Waals surface area contributed by atoms with Gasteiger partial charge < -0.3 is 6.53 Å². The van der Waals surface area contributed by atoms with Crippen molar-refractivity contribution in [2.24, 2.45) is 0 Å². The molecule has 0 atom stereocenters. The van der Waals surface area contributed by atoms with E-state index in [1.807, 2.05) is 12.1 Å². The van der Waals surface area contributed by atoms with Gasteiger partial charge in [-0.15, -0.1) is 0 Å². The van der Waals surface area contributed by atoms with Crippen LogP contribution >= 0.6 is 15.9 Å². The minimum atomic E-state index is -1.04. The van der Waals surface area contributed by atoms with Crippen LogP contribution in [0.5, 0.6) is 0 Å². The van der Waals surface area contributed by atoms with Gasteiger partial charge in [0.1, 0.15) is 11.3 Å². The summed E-state index contributed by atoms with van der Waals surface area (Å²) in [5.41, 5.74) is 2.25. The zero-order valence-corrected chi connectivity index (χ0v) is 13.5. The molecule has 0 saturated carbocycles. The molecule has 21 heavy (non-hydrogen) atoms. The molecule has 3 aromatic heterocycles. The van der Waals surface area contributed by atoms with Crippen molar-refractivity contribution in [1.82, 2.24) is 14.4 Å². The summed E-state index contributed by atoms with van der Waals surface area (Å²) in [6, 6.07) is 5.68. The molecule has 1 N–H and O–H groups in total. The molecule has 3 heterocycles. The van der Waals surface area contributed by atoms with E-state index in [0.29, 0.717) is 11.3 Å². The van der Waals surface area contributed by atoms with Crippen LogP contribution in [0.3, 0.4) is 0 Å². The number of rotatable bonds is 2. The molecule has 3 rings (SSSR count). The van der Waals surface area contributed by atoms with E-state index in [2.05, 4.69) is 39.7 Å². The van der Waals surface area contributed by atoms with E-state index in [1.54, 1.807) is 10.5 Å². The average Bonchev–Trinajstić information content (AvgIpc) is 2.82. The summed E-state index contributed by atoms with van der Waals surface area (Å²) < 4.78 is 2.66. The summed E-state index contributed by atoms with van der Waals surface area (Å²) in [5.74, 6) is -0.755. The second kappa shape index (κ2) is 5.80. The van der Waals surface area contributed by atoms with Gasteiger partial charge in [0.15, 0.2) is 5.69 Å². The summed E-state index contributed by atoms with van der Waals surface area (Å²) in [7, 11) is 0. The Labute approximate surface area is 143 Å². The van der Waals surface area contributed by atoms with Gasteiger partial charge in [-0.25, -0.2) is 14.8 Å². The number of carboxylic acid groups (broad SMARTS) is 1. The van der Waals surface area contributed by atoms with Gasteiger partial charge in [-0.3, -0.25) is 4.40 Å². The van der Waals surface area contributed by atoms with Crippen molar-refractivity contribution in [3.05, 3.63) is 40.3 Å². The summed E-state index contributed by atoms with van der Waals surface area (Å²) in [6.07, 6.45) is 1.50. The van der Waals surface area contributed by atoms with Gasteiger partial charge in [-0.05, 0) is 40.0 Å². The second-order valence-electron chi connectivity index (χ2n) is 4.91. The fourth-order valence-electron chi connectivity index (χ4n) is 2.11. The molecule has 0 aliphatic rings. The van der Waals surface area contributed by atoms with Crippen molar-refractivity contribution in [3.8, 4) is 0 Å². The third-order valence-electron chi connectivity index (χ3n) is 3.18. The molecule has 0 fully saturated rings. The molecule has 0 aromatic carbocycles. The number of hydrogen-bond acceptors (Lipinski definition) is 3. The van der Waals surface area contributed by atoms with Crippen LogP contribution in [0.25, 0.3) is 16.7 Å². The van der Waals surface area contributed by atoms with Crippen molar-refractivity contribution >= 4 is 38.6 Å². The first-order valence-electron chi connectivity index (χ1n) is 6.19. The van der Waals surface area contributed by atoms with E-state index >= 15 is 0 Å². The standard InChI is InChI=1S/C14H12BrN3O2.Li.H/c1-7(2)10-5-9(15)8-3-4-12-16-11(14(19)20)6-18(12)13(8)17-10;;/h3-7H,1-2H3,(H,19,20);;/q;+1;-1. The van der Waals surface area contributed by atoms with E-state index in [0.717, 1.165) is 15.6 Å². The smallest absolute Gasteiger partial charge is 1.00 e. The molecule has 0 bridgehead atoms. The number of aromatic nitrogens is 3. The van der Waals surface area contributed by atoms with Gasteiger partial charge in [0, 0.05) is 21.7 Å². The van der Waals surface area contributed by atoms with Crippen LogP contribution in [-0.4, -0.2) is 25.4 Å². The SMILES string of the molecule is CC(C)c1cc(Br)c2ccc3nc(C(=O)O)cn3c2n1.[H-].[Li+]. The molecule has 104 valence electrons. The summed E-state index contributed by atoms with van der Waals surface area (Å²) >= 11 is 3.55. The van der Waals surface area contributed by atoms with Crippen molar-refractivity contribution in [2.75, 3.05) is 0 Å². The van der Waals surface area contributed by atoms with E-state index in [1.165, 1.54) is 6.20 Å². The molecule has 0 radical (unpaired) electrons. The minimum Gasteiger partial charge on any atom is -1.00 e. The largest absolute Gasteiger partial charge is 1.00 e. The summed E-state index contributed by atoms with van der Waals surface area (Å²) in [5, 5.41) is 9.98. The number of imidazole rings is 1. The van der Waals surface area contributed by atoms with E-state index in [9.17, 15) is 4.79 Å². The van der Waals surface area contributed by atoms with Gasteiger partial charge >= 0.3 is 24.8 Å². The summed E-state index contributed by atoms with van der Waals surface area (Å²) in [4.78, 5) is 19.8. The fraction of sp³-hybridized carbons (Fsp3) is 0.214. The monoisotopic (exact) mass is 341 g/mol. The maximum Gasteiger partial charge on any atom is 1.00 e. The third-order valence-corrected chi connectivity index (χ3v) is 3.84. The van der Waals surface area contributed by atoms with Crippen molar-refractivity contribution < 1.29 is 30.2 Å². The van der Waals surface area contributed by atoms with E-state index < -0.39 is 5.97 Å². The van der Waals surface area contributed by atoms with Crippen LogP contribution in [0.4, 0.5) is 0 Å². The predicted octanol–water partition coefficient (Wildman–Crippen LogP) is 0.583. The maximum absolute atomic E-state index is 11.0. The van der Waals surface area contributed by atoms with Crippen LogP contribution in [0.15, 0.2) is 28.9 Å². The van der Waals surface area contributed by atoms with Gasteiger partial charge in [0.2, 0.25) is 0 Å². The van der Waals surface area contributed by atoms with Crippen LogP contribution in [0.1, 0.15) is 37.4 Å². The molecule has 0 saturated heterocycles. The molecule has 7 heteroatoms. The molecule has 0 unspecified atom stereocenters. The van der Waals surface area contributed by atoms with Crippen LogP contribution < -0.4 is 18.9 Å². The molecule has 0 aliphatic carbocycles. The Morgan fingerprint density at radius 1 is 1.38 bits per heavy atom. The number of aromatic carboxylic acids is 1.